The fourth-order valence-corrected chi connectivity index (χ4v) is 2.58. The van der Waals surface area contributed by atoms with Gasteiger partial charge in [0.15, 0.2) is 0 Å². The van der Waals surface area contributed by atoms with E-state index in [1.807, 2.05) is 0 Å². The molecule has 1 saturated carbocycles. The number of urea groups is 1. The summed E-state index contributed by atoms with van der Waals surface area (Å²) in [5.41, 5.74) is 0. The van der Waals surface area contributed by atoms with Crippen LogP contribution < -0.4 is 10.6 Å². The zero-order valence-corrected chi connectivity index (χ0v) is 12.6. The predicted octanol–water partition coefficient (Wildman–Crippen LogP) is 2.80. The highest BCUT2D eigenvalue weighted by Crippen LogP contribution is 2.18. The Kier molecular flexibility index (Phi) is 7.21. The molecule has 0 aliphatic heterocycles. The highest BCUT2D eigenvalue weighted by molar-refractivity contribution is 5.74. The fourth-order valence-electron chi connectivity index (χ4n) is 2.58. The third kappa shape index (κ3) is 7.41. The maximum absolute atomic E-state index is 11.8. The van der Waals surface area contributed by atoms with E-state index in [4.69, 9.17) is 0 Å². The predicted molar refractivity (Wildman–Crippen MR) is 78.1 cm³/mol. The first-order valence-electron chi connectivity index (χ1n) is 7.72. The van der Waals surface area contributed by atoms with Gasteiger partial charge in [0.2, 0.25) is 0 Å². The lowest BCUT2D eigenvalue weighted by atomic mass is 9.93. The zero-order valence-electron chi connectivity index (χ0n) is 12.6. The molecular weight excluding hydrogens is 240 g/mol. The average molecular weight is 270 g/mol. The Morgan fingerprint density at radius 2 is 1.79 bits per heavy atom. The van der Waals surface area contributed by atoms with Gasteiger partial charge in [-0.3, -0.25) is 0 Å². The first kappa shape index (κ1) is 16.3. The summed E-state index contributed by atoms with van der Waals surface area (Å²) in [5, 5.41) is 15.4. The van der Waals surface area contributed by atoms with Crippen LogP contribution in [0.3, 0.4) is 0 Å². The molecule has 1 unspecified atom stereocenters. The van der Waals surface area contributed by atoms with Crippen LogP contribution in [0.15, 0.2) is 0 Å². The molecule has 1 aliphatic carbocycles. The molecular formula is C15H30N2O2. The van der Waals surface area contributed by atoms with Crippen molar-refractivity contribution in [3.63, 3.8) is 0 Å². The molecule has 1 rings (SSSR count). The van der Waals surface area contributed by atoms with Crippen molar-refractivity contribution in [1.82, 2.24) is 10.6 Å². The van der Waals surface area contributed by atoms with Crippen LogP contribution in [-0.4, -0.2) is 29.3 Å². The van der Waals surface area contributed by atoms with Gasteiger partial charge in [-0.1, -0.05) is 26.7 Å². The molecule has 2 amide bonds. The number of carbonyl (C=O) groups is 1. The van der Waals surface area contributed by atoms with E-state index >= 15 is 0 Å². The Morgan fingerprint density at radius 3 is 2.37 bits per heavy atom. The molecule has 0 aromatic carbocycles. The van der Waals surface area contributed by atoms with Gasteiger partial charge in [-0.25, -0.2) is 4.79 Å². The van der Waals surface area contributed by atoms with Gasteiger partial charge in [0.1, 0.15) is 0 Å². The van der Waals surface area contributed by atoms with E-state index in [2.05, 4.69) is 31.4 Å². The third-order valence-corrected chi connectivity index (χ3v) is 3.83. The molecule has 1 fully saturated rings. The van der Waals surface area contributed by atoms with Crippen LogP contribution in [0.4, 0.5) is 4.79 Å². The minimum atomic E-state index is -0.170. The fraction of sp³-hybridized carbons (Fsp3) is 0.933. The molecule has 19 heavy (non-hydrogen) atoms. The van der Waals surface area contributed by atoms with Crippen LogP contribution in [-0.2, 0) is 0 Å². The molecule has 0 radical (unpaired) electrons. The number of nitrogens with one attached hydrogen (secondary N) is 2. The standard InChI is InChI=1S/C15H30N2O2/c1-11(2)5-4-6-12(3)16-15(19)17-13-7-9-14(18)10-8-13/h11-14,18H,4-10H2,1-3H3,(H2,16,17,19). The first-order chi connectivity index (χ1) is 8.97. The van der Waals surface area contributed by atoms with Gasteiger partial charge < -0.3 is 15.7 Å². The molecule has 3 N–H and O–H groups in total. The number of carbonyl (C=O) groups excluding carboxylic acids is 1. The SMILES string of the molecule is CC(C)CCCC(C)NC(=O)NC1CCC(O)CC1. The normalized spacial score (nSPS) is 25.1. The van der Waals surface area contributed by atoms with Gasteiger partial charge >= 0.3 is 6.03 Å². The summed E-state index contributed by atoms with van der Waals surface area (Å²) in [5.74, 6) is 0.731. The smallest absolute Gasteiger partial charge is 0.315 e. The van der Waals surface area contributed by atoms with Crippen LogP contribution in [0.2, 0.25) is 0 Å². The Hall–Kier alpha value is -0.770. The van der Waals surface area contributed by atoms with E-state index in [1.54, 1.807) is 0 Å². The summed E-state index contributed by atoms with van der Waals surface area (Å²) in [6.07, 6.45) is 6.62. The molecule has 4 nitrogen and oxygen atoms in total. The lowest BCUT2D eigenvalue weighted by molar-refractivity contribution is 0.117. The van der Waals surface area contributed by atoms with Gasteiger partial charge in [-0.15, -0.1) is 0 Å². The second-order valence-electron chi connectivity index (χ2n) is 6.35. The molecule has 0 bridgehead atoms. The summed E-state index contributed by atoms with van der Waals surface area (Å²) in [7, 11) is 0. The Balaban J connectivity index is 2.12. The van der Waals surface area contributed by atoms with E-state index in [-0.39, 0.29) is 24.2 Å². The molecule has 0 spiro atoms. The largest absolute Gasteiger partial charge is 0.393 e. The summed E-state index contributed by atoms with van der Waals surface area (Å²) >= 11 is 0. The lowest BCUT2D eigenvalue weighted by Crippen LogP contribution is -2.46. The number of aliphatic hydroxyl groups excluding tert-OH is 1. The molecule has 0 aromatic rings. The number of aliphatic hydroxyl groups is 1. The zero-order chi connectivity index (χ0) is 14.3. The van der Waals surface area contributed by atoms with E-state index in [0.717, 1.165) is 44.4 Å². The first-order valence-corrected chi connectivity index (χ1v) is 7.72. The Labute approximate surface area is 117 Å². The maximum Gasteiger partial charge on any atom is 0.315 e. The van der Waals surface area contributed by atoms with E-state index in [0.29, 0.717) is 0 Å². The molecule has 0 heterocycles. The maximum atomic E-state index is 11.8. The topological polar surface area (TPSA) is 61.4 Å². The molecule has 1 atom stereocenters. The highest BCUT2D eigenvalue weighted by atomic mass is 16.3. The third-order valence-electron chi connectivity index (χ3n) is 3.83. The van der Waals surface area contributed by atoms with Gasteiger partial charge in [-0.2, -0.15) is 0 Å². The van der Waals surface area contributed by atoms with Crippen molar-refractivity contribution in [1.29, 1.82) is 0 Å². The Bertz CT molecular complexity index is 261. The highest BCUT2D eigenvalue weighted by Gasteiger charge is 2.21. The molecule has 0 aromatic heterocycles. The summed E-state index contributed by atoms with van der Waals surface area (Å²) in [6.45, 7) is 6.51. The van der Waals surface area contributed by atoms with Crippen molar-refractivity contribution < 1.29 is 9.90 Å². The van der Waals surface area contributed by atoms with Crippen LogP contribution in [0.25, 0.3) is 0 Å². The summed E-state index contributed by atoms with van der Waals surface area (Å²) in [4.78, 5) is 11.8. The van der Waals surface area contributed by atoms with Crippen LogP contribution in [0.5, 0.6) is 0 Å². The van der Waals surface area contributed by atoms with Crippen LogP contribution in [0, 0.1) is 5.92 Å². The van der Waals surface area contributed by atoms with Crippen molar-refractivity contribution >= 4 is 6.03 Å². The van der Waals surface area contributed by atoms with Crippen molar-refractivity contribution in [2.24, 2.45) is 5.92 Å². The second-order valence-corrected chi connectivity index (χ2v) is 6.35. The van der Waals surface area contributed by atoms with E-state index in [1.165, 1.54) is 6.42 Å². The monoisotopic (exact) mass is 270 g/mol. The van der Waals surface area contributed by atoms with Crippen molar-refractivity contribution in [2.45, 2.75) is 83.9 Å². The van der Waals surface area contributed by atoms with Crippen LogP contribution in [0.1, 0.15) is 65.7 Å². The number of hydrogen-bond donors (Lipinski definition) is 3. The molecule has 1 aliphatic rings. The van der Waals surface area contributed by atoms with Gasteiger partial charge in [0, 0.05) is 12.1 Å². The van der Waals surface area contributed by atoms with Gasteiger partial charge in [0.25, 0.3) is 0 Å². The minimum Gasteiger partial charge on any atom is -0.393 e. The van der Waals surface area contributed by atoms with Crippen LogP contribution >= 0.6 is 0 Å². The average Bonchev–Trinajstić information content (AvgIpc) is 2.31. The minimum absolute atomic E-state index is 0.0570. The van der Waals surface area contributed by atoms with Gasteiger partial charge in [0.05, 0.1) is 6.10 Å². The number of hydrogen-bond acceptors (Lipinski definition) is 2. The molecule has 0 saturated heterocycles. The lowest BCUT2D eigenvalue weighted by Gasteiger charge is -2.27. The van der Waals surface area contributed by atoms with E-state index < -0.39 is 0 Å². The van der Waals surface area contributed by atoms with Crippen molar-refractivity contribution in [3.8, 4) is 0 Å². The second kappa shape index (κ2) is 8.41. The quantitative estimate of drug-likeness (QED) is 0.695. The van der Waals surface area contributed by atoms with Crippen molar-refractivity contribution in [2.75, 3.05) is 0 Å². The van der Waals surface area contributed by atoms with Crippen molar-refractivity contribution in [3.05, 3.63) is 0 Å². The number of rotatable bonds is 6. The summed E-state index contributed by atoms with van der Waals surface area (Å²) in [6, 6.07) is 0.401. The number of amides is 2. The molecule has 4 heteroatoms. The van der Waals surface area contributed by atoms with Gasteiger partial charge in [-0.05, 0) is 44.9 Å². The van der Waals surface area contributed by atoms with E-state index in [9.17, 15) is 9.90 Å². The molecule has 112 valence electrons. The Morgan fingerprint density at radius 1 is 1.16 bits per heavy atom. The summed E-state index contributed by atoms with van der Waals surface area (Å²) < 4.78 is 0.